The van der Waals surface area contributed by atoms with Crippen LogP contribution in [0.4, 0.5) is 4.79 Å². The molecule has 3 fully saturated rings. The predicted molar refractivity (Wildman–Crippen MR) is 118 cm³/mol. The van der Waals surface area contributed by atoms with E-state index in [9.17, 15) is 22.8 Å². The Morgan fingerprint density at radius 2 is 1.66 bits per heavy atom. The normalized spacial score (nSPS) is 21.4. The lowest BCUT2D eigenvalue weighted by Gasteiger charge is -2.34. The molecule has 1 N–H and O–H groups in total. The molecule has 0 unspecified atom stereocenters. The predicted octanol–water partition coefficient (Wildman–Crippen LogP) is 1.31. The molecule has 4 amide bonds. The summed E-state index contributed by atoms with van der Waals surface area (Å²) in [5.41, 5.74) is 0.0220. The highest BCUT2D eigenvalue weighted by atomic mass is 32.2. The number of rotatable bonds is 7. The van der Waals surface area contributed by atoms with Crippen molar-refractivity contribution in [2.24, 2.45) is 0 Å². The van der Waals surface area contributed by atoms with Crippen LogP contribution in [0.2, 0.25) is 0 Å². The third kappa shape index (κ3) is 4.66. The smallest absolute Gasteiger partial charge is 0.325 e. The van der Waals surface area contributed by atoms with Gasteiger partial charge in [-0.05, 0) is 24.8 Å². The van der Waals surface area contributed by atoms with E-state index >= 15 is 0 Å². The highest BCUT2D eigenvalue weighted by Gasteiger charge is 2.52. The molecule has 3 aliphatic rings. The van der Waals surface area contributed by atoms with Crippen molar-refractivity contribution in [3.8, 4) is 0 Å². The summed E-state index contributed by atoms with van der Waals surface area (Å²) in [6, 6.07) is 8.69. The summed E-state index contributed by atoms with van der Waals surface area (Å²) in [5, 5.41) is 2.85. The molecule has 2 saturated heterocycles. The molecule has 0 aromatic heterocycles. The fraction of sp³-hybridized carbons (Fsp3) is 0.591. The summed E-state index contributed by atoms with van der Waals surface area (Å²) in [6.07, 6.45) is 3.87. The van der Waals surface area contributed by atoms with Crippen LogP contribution in [-0.2, 0) is 25.4 Å². The highest BCUT2D eigenvalue weighted by molar-refractivity contribution is 7.88. The van der Waals surface area contributed by atoms with Crippen molar-refractivity contribution in [3.05, 3.63) is 35.9 Å². The van der Waals surface area contributed by atoms with Crippen LogP contribution in [0.5, 0.6) is 0 Å². The number of hydrogen-bond donors (Lipinski definition) is 1. The summed E-state index contributed by atoms with van der Waals surface area (Å²) in [7, 11) is -3.43. The number of urea groups is 1. The number of piperazine rings is 1. The standard InChI is InChI=1S/C22H30N4O5S/c27-19(9-6-12-26-20(28)22(23-21(26)29)10-4-5-11-22)24-13-15-25(16-14-24)32(30,31)17-18-7-2-1-3-8-18/h1-3,7-8H,4-6,9-17H2,(H,23,29). The largest absolute Gasteiger partial charge is 0.340 e. The van der Waals surface area contributed by atoms with Gasteiger partial charge in [0.05, 0.1) is 5.75 Å². The fourth-order valence-corrected chi connectivity index (χ4v) is 6.35. The maximum atomic E-state index is 12.7. The minimum absolute atomic E-state index is 0.0464. The zero-order chi connectivity index (χ0) is 22.8. The van der Waals surface area contributed by atoms with Crippen molar-refractivity contribution in [1.82, 2.24) is 19.4 Å². The zero-order valence-electron chi connectivity index (χ0n) is 18.2. The Balaban J connectivity index is 1.22. The van der Waals surface area contributed by atoms with Gasteiger partial charge in [0.25, 0.3) is 5.91 Å². The second-order valence-corrected chi connectivity index (χ2v) is 10.8. The second kappa shape index (κ2) is 9.19. The zero-order valence-corrected chi connectivity index (χ0v) is 19.0. The molecule has 10 heteroatoms. The maximum Gasteiger partial charge on any atom is 0.325 e. The molecule has 0 radical (unpaired) electrons. The highest BCUT2D eigenvalue weighted by Crippen LogP contribution is 2.35. The van der Waals surface area contributed by atoms with E-state index in [4.69, 9.17) is 0 Å². The quantitative estimate of drug-likeness (QED) is 0.615. The number of nitrogens with one attached hydrogen (secondary N) is 1. The number of amides is 4. The van der Waals surface area contributed by atoms with Gasteiger partial charge in [-0.3, -0.25) is 14.5 Å². The first-order valence-corrected chi connectivity index (χ1v) is 12.9. The van der Waals surface area contributed by atoms with Gasteiger partial charge in [-0.1, -0.05) is 43.2 Å². The van der Waals surface area contributed by atoms with Gasteiger partial charge in [-0.15, -0.1) is 0 Å². The van der Waals surface area contributed by atoms with Gasteiger partial charge in [0.2, 0.25) is 15.9 Å². The van der Waals surface area contributed by atoms with E-state index in [1.165, 1.54) is 9.21 Å². The molecule has 2 heterocycles. The molecule has 1 aliphatic carbocycles. The molecule has 0 bridgehead atoms. The number of sulfonamides is 1. The summed E-state index contributed by atoms with van der Waals surface area (Å²) < 4.78 is 26.8. The Morgan fingerprint density at radius 3 is 2.31 bits per heavy atom. The molecule has 1 saturated carbocycles. The summed E-state index contributed by atoms with van der Waals surface area (Å²) in [4.78, 5) is 40.4. The topological polar surface area (TPSA) is 107 Å². The third-order valence-corrected chi connectivity index (χ3v) is 8.50. The van der Waals surface area contributed by atoms with Gasteiger partial charge in [-0.2, -0.15) is 4.31 Å². The molecule has 1 aromatic rings. The SMILES string of the molecule is O=C(CCCN1C(=O)NC2(CCCC2)C1=O)N1CCN(S(=O)(=O)Cc2ccccc2)CC1. The second-order valence-electron chi connectivity index (χ2n) is 8.80. The summed E-state index contributed by atoms with van der Waals surface area (Å²) in [6.45, 7) is 1.47. The average molecular weight is 463 g/mol. The van der Waals surface area contributed by atoms with Gasteiger partial charge in [0.15, 0.2) is 0 Å². The van der Waals surface area contributed by atoms with Crippen LogP contribution in [0, 0.1) is 0 Å². The van der Waals surface area contributed by atoms with Crippen LogP contribution in [0.15, 0.2) is 30.3 Å². The average Bonchev–Trinajstić information content (AvgIpc) is 3.34. The number of hydrogen-bond acceptors (Lipinski definition) is 5. The van der Waals surface area contributed by atoms with Crippen LogP contribution >= 0.6 is 0 Å². The first kappa shape index (κ1) is 22.7. The number of imide groups is 1. The van der Waals surface area contributed by atoms with Crippen molar-refractivity contribution >= 4 is 27.9 Å². The van der Waals surface area contributed by atoms with Gasteiger partial charge in [0.1, 0.15) is 5.54 Å². The lowest BCUT2D eigenvalue weighted by molar-refractivity contribution is -0.134. The van der Waals surface area contributed by atoms with E-state index in [-0.39, 0.29) is 49.7 Å². The van der Waals surface area contributed by atoms with E-state index in [2.05, 4.69) is 5.32 Å². The molecule has 1 aromatic carbocycles. The lowest BCUT2D eigenvalue weighted by atomic mass is 9.98. The Bertz CT molecular complexity index is 967. The van der Waals surface area contributed by atoms with Crippen LogP contribution in [-0.4, -0.2) is 78.6 Å². The number of carbonyl (C=O) groups excluding carboxylic acids is 3. The van der Waals surface area contributed by atoms with Gasteiger partial charge in [-0.25, -0.2) is 13.2 Å². The van der Waals surface area contributed by atoms with E-state index in [1.54, 1.807) is 17.0 Å². The molecule has 0 atom stereocenters. The first-order chi connectivity index (χ1) is 15.3. The Hall–Kier alpha value is -2.46. The Labute approximate surface area is 188 Å². The van der Waals surface area contributed by atoms with Gasteiger partial charge >= 0.3 is 6.03 Å². The lowest BCUT2D eigenvalue weighted by Crippen LogP contribution is -2.50. The van der Waals surface area contributed by atoms with Crippen molar-refractivity contribution in [1.29, 1.82) is 0 Å². The van der Waals surface area contributed by atoms with E-state index in [0.717, 1.165) is 18.4 Å². The Morgan fingerprint density at radius 1 is 1.00 bits per heavy atom. The number of benzene rings is 1. The molecular weight excluding hydrogens is 432 g/mol. The fourth-order valence-electron chi connectivity index (χ4n) is 4.84. The van der Waals surface area contributed by atoms with Crippen LogP contribution in [0.1, 0.15) is 44.1 Å². The van der Waals surface area contributed by atoms with Crippen LogP contribution in [0.3, 0.4) is 0 Å². The number of nitrogens with zero attached hydrogens (tertiary/aromatic N) is 3. The number of carbonyl (C=O) groups is 3. The molecule has 4 rings (SSSR count). The molecule has 2 aliphatic heterocycles. The molecule has 174 valence electrons. The van der Waals surface area contributed by atoms with Gasteiger partial charge in [0, 0.05) is 39.1 Å². The summed E-state index contributed by atoms with van der Waals surface area (Å²) >= 11 is 0. The van der Waals surface area contributed by atoms with Crippen molar-refractivity contribution in [2.45, 2.75) is 49.8 Å². The van der Waals surface area contributed by atoms with Crippen molar-refractivity contribution in [3.63, 3.8) is 0 Å². The van der Waals surface area contributed by atoms with Crippen LogP contribution < -0.4 is 5.32 Å². The van der Waals surface area contributed by atoms with Crippen LogP contribution in [0.25, 0.3) is 0 Å². The maximum absolute atomic E-state index is 12.7. The van der Waals surface area contributed by atoms with E-state index < -0.39 is 15.6 Å². The summed E-state index contributed by atoms with van der Waals surface area (Å²) in [5.74, 6) is -0.285. The van der Waals surface area contributed by atoms with Crippen molar-refractivity contribution < 1.29 is 22.8 Å². The van der Waals surface area contributed by atoms with E-state index in [1.807, 2.05) is 18.2 Å². The molecular formula is C22H30N4O5S. The van der Waals surface area contributed by atoms with E-state index in [0.29, 0.717) is 32.4 Å². The van der Waals surface area contributed by atoms with Gasteiger partial charge < -0.3 is 10.2 Å². The molecule has 32 heavy (non-hydrogen) atoms. The minimum atomic E-state index is -3.43. The monoisotopic (exact) mass is 462 g/mol. The first-order valence-electron chi connectivity index (χ1n) is 11.2. The molecule has 1 spiro atoms. The minimum Gasteiger partial charge on any atom is -0.340 e. The molecule has 9 nitrogen and oxygen atoms in total. The Kier molecular flexibility index (Phi) is 6.52. The van der Waals surface area contributed by atoms with Crippen molar-refractivity contribution in [2.75, 3.05) is 32.7 Å². The third-order valence-electron chi connectivity index (χ3n) is 6.65.